The van der Waals surface area contributed by atoms with E-state index in [1.165, 1.54) is 36.4 Å². The predicted octanol–water partition coefficient (Wildman–Crippen LogP) is 4.78. The number of nitrogens with two attached hydrogens (primary N) is 1. The van der Waals surface area contributed by atoms with E-state index in [0.29, 0.717) is 5.69 Å². The molecule has 0 amide bonds. The molecule has 0 saturated heterocycles. The Bertz CT molecular complexity index is 1470. The highest BCUT2D eigenvalue weighted by atomic mass is 32.2. The van der Waals surface area contributed by atoms with Crippen molar-refractivity contribution < 1.29 is 26.5 Å². The summed E-state index contributed by atoms with van der Waals surface area (Å²) in [7, 11) is -4.02. The van der Waals surface area contributed by atoms with E-state index in [1.807, 2.05) is 0 Å². The fourth-order valence-electron chi connectivity index (χ4n) is 3.46. The second kappa shape index (κ2) is 8.39. The van der Waals surface area contributed by atoms with Crippen molar-refractivity contribution in [3.63, 3.8) is 0 Å². The van der Waals surface area contributed by atoms with Gasteiger partial charge in [0.1, 0.15) is 0 Å². The van der Waals surface area contributed by atoms with Crippen LogP contribution in [-0.2, 0) is 16.2 Å². The smallest absolute Gasteiger partial charge is 0.258 e. The largest absolute Gasteiger partial charge is 0.435 e. The van der Waals surface area contributed by atoms with Crippen LogP contribution in [0.2, 0.25) is 0 Å². The molecule has 1 aromatic heterocycles. The van der Waals surface area contributed by atoms with Crippen molar-refractivity contribution in [3.8, 4) is 28.1 Å². The highest BCUT2D eigenvalue weighted by Crippen LogP contribution is 2.43. The van der Waals surface area contributed by atoms with Crippen LogP contribution in [0.15, 0.2) is 83.8 Å². The van der Waals surface area contributed by atoms with Crippen molar-refractivity contribution in [2.24, 2.45) is 5.14 Å². The average Bonchev–Trinajstić information content (AvgIpc) is 3.20. The third kappa shape index (κ3) is 4.40. The van der Waals surface area contributed by atoms with Gasteiger partial charge in [0.25, 0.3) is 5.69 Å². The molecule has 12 heteroatoms. The van der Waals surface area contributed by atoms with E-state index < -0.39 is 26.8 Å². The first-order valence-electron chi connectivity index (χ1n) is 9.60. The molecule has 4 rings (SSSR count). The minimum atomic E-state index is -4.85. The van der Waals surface area contributed by atoms with E-state index in [9.17, 15) is 31.7 Å². The zero-order valence-electron chi connectivity index (χ0n) is 17.1. The van der Waals surface area contributed by atoms with Gasteiger partial charge in [-0.3, -0.25) is 10.1 Å². The Morgan fingerprint density at radius 1 is 0.882 bits per heavy atom. The van der Waals surface area contributed by atoms with Crippen molar-refractivity contribution in [2.45, 2.75) is 11.1 Å². The van der Waals surface area contributed by atoms with Crippen LogP contribution in [0, 0.1) is 10.1 Å². The molecule has 1 heterocycles. The number of hydrogen-bond donors (Lipinski definition) is 1. The number of halogens is 3. The predicted molar refractivity (Wildman–Crippen MR) is 117 cm³/mol. The number of hydrogen-bond acceptors (Lipinski definition) is 5. The molecule has 3 aromatic carbocycles. The van der Waals surface area contributed by atoms with E-state index in [-0.39, 0.29) is 33.0 Å². The average molecular weight is 488 g/mol. The topological polar surface area (TPSA) is 121 Å². The molecule has 4 aromatic rings. The summed E-state index contributed by atoms with van der Waals surface area (Å²) in [6.07, 6.45) is -4.85. The van der Waals surface area contributed by atoms with Crippen molar-refractivity contribution in [1.29, 1.82) is 0 Å². The standard InChI is InChI=1S/C22H15F3N4O4S/c23-22(24,25)21-19(14-6-10-17(11-7-14)29(30)31)20(28(27-21)16-4-2-1-3-5-16)15-8-12-18(13-9-15)34(26,32)33/h1-13H,(H2,26,32,33). The number of aromatic nitrogens is 2. The Morgan fingerprint density at radius 3 is 1.94 bits per heavy atom. The SMILES string of the molecule is NS(=O)(=O)c1ccc(-c2c(-c3ccc([N+](=O)[O-])cc3)c(C(F)(F)F)nn2-c2ccccc2)cc1. The second-order valence-electron chi connectivity index (χ2n) is 7.19. The van der Waals surface area contributed by atoms with E-state index in [1.54, 1.807) is 30.3 Å². The number of nitro groups is 1. The number of alkyl halides is 3. The van der Waals surface area contributed by atoms with Gasteiger partial charge in [-0.15, -0.1) is 0 Å². The summed E-state index contributed by atoms with van der Waals surface area (Å²) in [6.45, 7) is 0. The minimum absolute atomic E-state index is 0.0216. The lowest BCUT2D eigenvalue weighted by Gasteiger charge is -2.12. The molecule has 0 radical (unpaired) electrons. The summed E-state index contributed by atoms with van der Waals surface area (Å²) in [5.74, 6) is 0. The molecule has 8 nitrogen and oxygen atoms in total. The minimum Gasteiger partial charge on any atom is -0.258 e. The van der Waals surface area contributed by atoms with Gasteiger partial charge in [-0.2, -0.15) is 18.3 Å². The molecule has 0 spiro atoms. The van der Waals surface area contributed by atoms with Gasteiger partial charge in [-0.05, 0) is 42.0 Å². The Hall–Kier alpha value is -4.03. The summed E-state index contributed by atoms with van der Waals surface area (Å²) in [5.41, 5.74) is -1.17. The number of sulfonamides is 1. The van der Waals surface area contributed by atoms with Crippen LogP contribution in [0.5, 0.6) is 0 Å². The maximum absolute atomic E-state index is 14.1. The second-order valence-corrected chi connectivity index (χ2v) is 8.75. The van der Waals surface area contributed by atoms with Crippen molar-refractivity contribution in [1.82, 2.24) is 9.78 Å². The van der Waals surface area contributed by atoms with E-state index >= 15 is 0 Å². The molecule has 0 unspecified atom stereocenters. The van der Waals surface area contributed by atoms with E-state index in [0.717, 1.165) is 16.8 Å². The normalized spacial score (nSPS) is 12.0. The third-order valence-corrected chi connectivity index (χ3v) is 5.91. The van der Waals surface area contributed by atoms with E-state index in [4.69, 9.17) is 5.14 Å². The van der Waals surface area contributed by atoms with Crippen LogP contribution >= 0.6 is 0 Å². The van der Waals surface area contributed by atoms with Gasteiger partial charge in [0, 0.05) is 23.3 Å². The molecule has 0 fully saturated rings. The maximum Gasteiger partial charge on any atom is 0.435 e. The Labute approximate surface area is 191 Å². The number of primary sulfonamides is 1. The number of rotatable bonds is 5. The lowest BCUT2D eigenvalue weighted by Crippen LogP contribution is -2.11. The van der Waals surface area contributed by atoms with Crippen LogP contribution in [0.25, 0.3) is 28.1 Å². The molecule has 2 N–H and O–H groups in total. The highest BCUT2D eigenvalue weighted by molar-refractivity contribution is 7.89. The summed E-state index contributed by atoms with van der Waals surface area (Å²) >= 11 is 0. The van der Waals surface area contributed by atoms with Gasteiger partial charge in [-0.1, -0.05) is 30.3 Å². The fourth-order valence-corrected chi connectivity index (χ4v) is 3.98. The summed E-state index contributed by atoms with van der Waals surface area (Å²) in [4.78, 5) is 10.1. The van der Waals surface area contributed by atoms with Gasteiger partial charge in [0.05, 0.1) is 21.2 Å². The quantitative estimate of drug-likeness (QED) is 0.320. The monoisotopic (exact) mass is 488 g/mol. The summed E-state index contributed by atoms with van der Waals surface area (Å²) in [6, 6.07) is 17.7. The van der Waals surface area contributed by atoms with Gasteiger partial charge in [-0.25, -0.2) is 18.2 Å². The molecule has 174 valence electrons. The first-order chi connectivity index (χ1) is 16.0. The van der Waals surface area contributed by atoms with Gasteiger partial charge < -0.3 is 0 Å². The molecular formula is C22H15F3N4O4S. The lowest BCUT2D eigenvalue weighted by molar-refractivity contribution is -0.384. The van der Waals surface area contributed by atoms with Gasteiger partial charge in [0.2, 0.25) is 10.0 Å². The van der Waals surface area contributed by atoms with Crippen LogP contribution < -0.4 is 5.14 Å². The summed E-state index contributed by atoms with van der Waals surface area (Å²) < 4.78 is 66.7. The number of non-ortho nitro benzene ring substituents is 1. The molecule has 0 bridgehead atoms. The molecule has 34 heavy (non-hydrogen) atoms. The zero-order valence-corrected chi connectivity index (χ0v) is 17.9. The maximum atomic E-state index is 14.1. The molecule has 0 atom stereocenters. The zero-order chi connectivity index (χ0) is 24.7. The number of nitrogens with zero attached hydrogens (tertiary/aromatic N) is 3. The number of benzene rings is 3. The first kappa shape index (κ1) is 23.1. The summed E-state index contributed by atoms with van der Waals surface area (Å²) in [5, 5.41) is 20.0. The number of nitro benzene ring substituents is 1. The molecule has 0 aliphatic rings. The molecule has 0 saturated carbocycles. The lowest BCUT2D eigenvalue weighted by atomic mass is 9.98. The Balaban J connectivity index is 2.06. The van der Waals surface area contributed by atoms with Crippen LogP contribution in [0.1, 0.15) is 5.69 Å². The van der Waals surface area contributed by atoms with E-state index in [2.05, 4.69) is 5.10 Å². The molecular weight excluding hydrogens is 473 g/mol. The third-order valence-electron chi connectivity index (χ3n) is 4.98. The first-order valence-corrected chi connectivity index (χ1v) is 11.1. The van der Waals surface area contributed by atoms with Crippen LogP contribution in [-0.4, -0.2) is 23.1 Å². The Kier molecular flexibility index (Phi) is 5.71. The molecule has 0 aliphatic heterocycles. The molecule has 0 aliphatic carbocycles. The Morgan fingerprint density at radius 2 is 1.44 bits per heavy atom. The van der Waals surface area contributed by atoms with Crippen molar-refractivity contribution in [2.75, 3.05) is 0 Å². The van der Waals surface area contributed by atoms with Crippen LogP contribution in [0.4, 0.5) is 18.9 Å². The number of para-hydroxylation sites is 1. The van der Waals surface area contributed by atoms with Crippen LogP contribution in [0.3, 0.4) is 0 Å². The fraction of sp³-hybridized carbons (Fsp3) is 0.0455. The van der Waals surface area contributed by atoms with Crippen molar-refractivity contribution in [3.05, 3.63) is 94.7 Å². The van der Waals surface area contributed by atoms with Gasteiger partial charge >= 0.3 is 6.18 Å². The highest BCUT2D eigenvalue weighted by Gasteiger charge is 2.40. The van der Waals surface area contributed by atoms with Gasteiger partial charge in [0.15, 0.2) is 5.69 Å². The van der Waals surface area contributed by atoms with Crippen molar-refractivity contribution >= 4 is 15.7 Å².